The minimum absolute atomic E-state index is 0.226. The Morgan fingerprint density at radius 2 is 2.43 bits per heavy atom. The first-order valence-corrected chi connectivity index (χ1v) is 4.04. The molecule has 0 radical (unpaired) electrons. The summed E-state index contributed by atoms with van der Waals surface area (Å²) >= 11 is 0. The first-order chi connectivity index (χ1) is 6.79. The molecule has 0 aliphatic heterocycles. The molecule has 2 rings (SSSR count). The fourth-order valence-corrected chi connectivity index (χ4v) is 1.13. The molecule has 0 spiro atoms. The molecule has 5 heteroatoms. The van der Waals surface area contributed by atoms with E-state index in [0.717, 1.165) is 0 Å². The molecule has 0 aliphatic carbocycles. The van der Waals surface area contributed by atoms with Gasteiger partial charge in [0.15, 0.2) is 5.76 Å². The highest BCUT2D eigenvalue weighted by molar-refractivity contribution is 5.50. The number of rotatable bonds is 2. The van der Waals surface area contributed by atoms with E-state index in [1.54, 1.807) is 12.1 Å². The van der Waals surface area contributed by atoms with Crippen LogP contribution in [0, 0.1) is 0 Å². The summed E-state index contributed by atoms with van der Waals surface area (Å²) in [6.07, 6.45) is 1.50. The van der Waals surface area contributed by atoms with Crippen LogP contribution >= 0.6 is 0 Å². The van der Waals surface area contributed by atoms with Crippen molar-refractivity contribution in [2.24, 2.45) is 0 Å². The van der Waals surface area contributed by atoms with Crippen molar-refractivity contribution in [3.63, 3.8) is 0 Å². The van der Waals surface area contributed by atoms with Crippen LogP contribution in [0.15, 0.2) is 33.7 Å². The van der Waals surface area contributed by atoms with Gasteiger partial charge in [-0.3, -0.25) is 4.79 Å². The SMILES string of the molecule is O=c1cc(-c2ccco2)nc(CO)[nH]1. The number of aliphatic hydroxyl groups is 1. The average molecular weight is 192 g/mol. The lowest BCUT2D eigenvalue weighted by Gasteiger charge is -1.98. The number of furan rings is 1. The summed E-state index contributed by atoms with van der Waals surface area (Å²) in [5.74, 6) is 0.731. The Morgan fingerprint density at radius 3 is 3.07 bits per heavy atom. The van der Waals surface area contributed by atoms with E-state index in [1.165, 1.54) is 12.3 Å². The summed E-state index contributed by atoms with van der Waals surface area (Å²) in [7, 11) is 0. The zero-order valence-corrected chi connectivity index (χ0v) is 7.23. The highest BCUT2D eigenvalue weighted by atomic mass is 16.3. The topological polar surface area (TPSA) is 79.1 Å². The molecule has 0 aliphatic rings. The van der Waals surface area contributed by atoms with Crippen molar-refractivity contribution in [3.05, 3.63) is 40.6 Å². The Bertz CT molecular complexity index is 473. The third-order valence-electron chi connectivity index (χ3n) is 1.71. The number of H-pyrrole nitrogens is 1. The van der Waals surface area contributed by atoms with Crippen LogP contribution in [0.1, 0.15) is 5.82 Å². The summed E-state index contributed by atoms with van der Waals surface area (Å²) in [5, 5.41) is 8.82. The van der Waals surface area contributed by atoms with Crippen LogP contribution in [-0.4, -0.2) is 15.1 Å². The second kappa shape index (κ2) is 3.47. The molecule has 2 heterocycles. The van der Waals surface area contributed by atoms with Crippen LogP contribution in [0.5, 0.6) is 0 Å². The molecule has 0 fully saturated rings. The minimum atomic E-state index is -0.310. The van der Waals surface area contributed by atoms with Crippen molar-refractivity contribution in [2.75, 3.05) is 0 Å². The summed E-state index contributed by atoms with van der Waals surface area (Å²) < 4.78 is 5.08. The predicted molar refractivity (Wildman–Crippen MR) is 48.5 cm³/mol. The van der Waals surface area contributed by atoms with Crippen LogP contribution in [0.25, 0.3) is 11.5 Å². The molecule has 0 aromatic carbocycles. The van der Waals surface area contributed by atoms with Gasteiger partial charge in [-0.05, 0) is 12.1 Å². The predicted octanol–water partition coefficient (Wildman–Crippen LogP) is 0.522. The van der Waals surface area contributed by atoms with Gasteiger partial charge >= 0.3 is 0 Å². The van der Waals surface area contributed by atoms with Crippen LogP contribution < -0.4 is 5.56 Å². The van der Waals surface area contributed by atoms with Crippen LogP contribution in [-0.2, 0) is 6.61 Å². The highest BCUT2D eigenvalue weighted by Gasteiger charge is 2.04. The van der Waals surface area contributed by atoms with Crippen molar-refractivity contribution in [1.29, 1.82) is 0 Å². The second-order valence-electron chi connectivity index (χ2n) is 2.71. The van der Waals surface area contributed by atoms with Crippen molar-refractivity contribution in [2.45, 2.75) is 6.61 Å². The first-order valence-electron chi connectivity index (χ1n) is 4.04. The molecule has 5 nitrogen and oxygen atoms in total. The van der Waals surface area contributed by atoms with E-state index >= 15 is 0 Å². The zero-order valence-electron chi connectivity index (χ0n) is 7.23. The van der Waals surface area contributed by atoms with E-state index in [1.807, 2.05) is 0 Å². The number of hydrogen-bond acceptors (Lipinski definition) is 4. The van der Waals surface area contributed by atoms with E-state index in [-0.39, 0.29) is 18.0 Å². The van der Waals surface area contributed by atoms with Crippen LogP contribution in [0.3, 0.4) is 0 Å². The Kier molecular flexibility index (Phi) is 2.16. The standard InChI is InChI=1S/C9H8N2O3/c12-5-8-10-6(4-9(13)11-8)7-2-1-3-14-7/h1-4,12H,5H2,(H,10,11,13). The second-order valence-corrected chi connectivity index (χ2v) is 2.71. The summed E-state index contributed by atoms with van der Waals surface area (Å²) in [4.78, 5) is 17.5. The van der Waals surface area contributed by atoms with E-state index in [9.17, 15) is 4.79 Å². The van der Waals surface area contributed by atoms with Crippen LogP contribution in [0.4, 0.5) is 0 Å². The van der Waals surface area contributed by atoms with Gasteiger partial charge in [0.05, 0.1) is 6.26 Å². The van der Waals surface area contributed by atoms with Gasteiger partial charge in [0.1, 0.15) is 18.1 Å². The first kappa shape index (κ1) is 8.71. The molecule has 2 N–H and O–H groups in total. The van der Waals surface area contributed by atoms with Crippen molar-refractivity contribution in [1.82, 2.24) is 9.97 Å². The average Bonchev–Trinajstić information content (AvgIpc) is 2.69. The maximum atomic E-state index is 11.1. The number of nitrogens with zero attached hydrogens (tertiary/aromatic N) is 1. The molecule has 72 valence electrons. The third kappa shape index (κ3) is 1.57. The number of aromatic amines is 1. The molecule has 0 bridgehead atoms. The van der Waals surface area contributed by atoms with Gasteiger partial charge in [-0.15, -0.1) is 0 Å². The minimum Gasteiger partial charge on any atom is -0.463 e. The molecule has 14 heavy (non-hydrogen) atoms. The lowest BCUT2D eigenvalue weighted by Crippen LogP contribution is -2.10. The Labute approximate surface area is 79.0 Å². The molecule has 2 aromatic heterocycles. The molecular weight excluding hydrogens is 184 g/mol. The molecular formula is C9H8N2O3. The Hall–Kier alpha value is -1.88. The highest BCUT2D eigenvalue weighted by Crippen LogP contribution is 2.14. The van der Waals surface area contributed by atoms with E-state index < -0.39 is 0 Å². The van der Waals surface area contributed by atoms with Gasteiger partial charge < -0.3 is 14.5 Å². The van der Waals surface area contributed by atoms with Crippen LogP contribution in [0.2, 0.25) is 0 Å². The lowest BCUT2D eigenvalue weighted by atomic mass is 10.3. The Morgan fingerprint density at radius 1 is 1.57 bits per heavy atom. The van der Waals surface area contributed by atoms with Gasteiger partial charge in [-0.25, -0.2) is 4.98 Å². The van der Waals surface area contributed by atoms with Gasteiger partial charge in [-0.2, -0.15) is 0 Å². The summed E-state index contributed by atoms with van der Waals surface area (Å²) in [6, 6.07) is 4.72. The number of aliphatic hydroxyl groups excluding tert-OH is 1. The smallest absolute Gasteiger partial charge is 0.251 e. The van der Waals surface area contributed by atoms with E-state index in [0.29, 0.717) is 11.5 Å². The molecule has 0 saturated carbocycles. The zero-order chi connectivity index (χ0) is 9.97. The fraction of sp³-hybridized carbons (Fsp3) is 0.111. The van der Waals surface area contributed by atoms with E-state index in [2.05, 4.69) is 9.97 Å². The summed E-state index contributed by atoms with van der Waals surface area (Å²) in [5.41, 5.74) is 0.109. The van der Waals surface area contributed by atoms with Crippen molar-refractivity contribution in [3.8, 4) is 11.5 Å². The monoisotopic (exact) mass is 192 g/mol. The summed E-state index contributed by atoms with van der Waals surface area (Å²) in [6.45, 7) is -0.302. The van der Waals surface area contributed by atoms with Crippen molar-refractivity contribution < 1.29 is 9.52 Å². The molecule has 0 saturated heterocycles. The molecule has 0 amide bonds. The lowest BCUT2D eigenvalue weighted by molar-refractivity contribution is 0.271. The fourth-order valence-electron chi connectivity index (χ4n) is 1.13. The maximum Gasteiger partial charge on any atom is 0.251 e. The number of aromatic nitrogens is 2. The number of nitrogens with one attached hydrogen (secondary N) is 1. The maximum absolute atomic E-state index is 11.1. The quantitative estimate of drug-likeness (QED) is 0.727. The van der Waals surface area contributed by atoms with E-state index in [4.69, 9.17) is 9.52 Å². The molecule has 0 atom stereocenters. The normalized spacial score (nSPS) is 10.4. The third-order valence-corrected chi connectivity index (χ3v) is 1.71. The number of hydrogen-bond donors (Lipinski definition) is 2. The molecule has 2 aromatic rings. The Balaban J connectivity index is 2.54. The van der Waals surface area contributed by atoms with Gasteiger partial charge in [0.25, 0.3) is 5.56 Å². The van der Waals surface area contributed by atoms with Gasteiger partial charge in [-0.1, -0.05) is 0 Å². The molecule has 0 unspecified atom stereocenters. The largest absolute Gasteiger partial charge is 0.463 e. The van der Waals surface area contributed by atoms with Gasteiger partial charge in [0, 0.05) is 6.07 Å². The van der Waals surface area contributed by atoms with Gasteiger partial charge in [0.2, 0.25) is 0 Å². The van der Waals surface area contributed by atoms with Crippen molar-refractivity contribution >= 4 is 0 Å².